The Hall–Kier alpha value is -2.02. The highest BCUT2D eigenvalue weighted by atomic mass is 35.6. The molecular weight excluding hydrogens is 389 g/mol. The van der Waals surface area contributed by atoms with Gasteiger partial charge in [-0.25, -0.2) is 0 Å². The number of non-ortho nitro benzene ring substituents is 1. The number of benzene rings is 2. The minimum Gasteiger partial charge on any atom is -0.362 e. The van der Waals surface area contributed by atoms with Crippen molar-refractivity contribution < 1.29 is 9.72 Å². The zero-order chi connectivity index (χ0) is 18.6. The van der Waals surface area contributed by atoms with Crippen LogP contribution in [0.1, 0.15) is 15.9 Å². The lowest BCUT2D eigenvalue weighted by Crippen LogP contribution is -2.49. The number of rotatable bonds is 5. The van der Waals surface area contributed by atoms with E-state index in [2.05, 4.69) is 10.6 Å². The average Bonchev–Trinajstić information content (AvgIpc) is 2.53. The molecule has 0 aliphatic rings. The molecule has 9 heteroatoms. The molecule has 0 aliphatic heterocycles. The molecule has 1 unspecified atom stereocenters. The largest absolute Gasteiger partial charge is 0.362 e. The lowest BCUT2D eigenvalue weighted by Gasteiger charge is -2.27. The van der Waals surface area contributed by atoms with Crippen LogP contribution in [0.15, 0.2) is 48.5 Å². The molecule has 1 amide bonds. The van der Waals surface area contributed by atoms with E-state index in [4.69, 9.17) is 34.8 Å². The van der Waals surface area contributed by atoms with Crippen LogP contribution in [0.3, 0.4) is 0 Å². The van der Waals surface area contributed by atoms with Crippen molar-refractivity contribution in [2.24, 2.45) is 0 Å². The van der Waals surface area contributed by atoms with Crippen molar-refractivity contribution in [3.8, 4) is 0 Å². The fraction of sp³-hybridized carbons (Fsp3) is 0.188. The van der Waals surface area contributed by atoms with Crippen molar-refractivity contribution in [2.75, 3.05) is 5.32 Å². The van der Waals surface area contributed by atoms with Crippen LogP contribution in [0.25, 0.3) is 0 Å². The number of amides is 1. The van der Waals surface area contributed by atoms with Crippen molar-refractivity contribution in [3.05, 3.63) is 69.8 Å². The topological polar surface area (TPSA) is 84.3 Å². The summed E-state index contributed by atoms with van der Waals surface area (Å²) in [5.41, 5.74) is 1.51. The number of carbonyl (C=O) groups excluding carboxylic acids is 1. The second-order valence-electron chi connectivity index (χ2n) is 5.27. The number of anilines is 1. The van der Waals surface area contributed by atoms with Gasteiger partial charge in [0.15, 0.2) is 0 Å². The van der Waals surface area contributed by atoms with E-state index in [-0.39, 0.29) is 11.3 Å². The maximum atomic E-state index is 12.4. The number of hydrogen-bond donors (Lipinski definition) is 2. The van der Waals surface area contributed by atoms with E-state index in [9.17, 15) is 14.9 Å². The zero-order valence-electron chi connectivity index (χ0n) is 13.0. The summed E-state index contributed by atoms with van der Waals surface area (Å²) in [4.78, 5) is 22.6. The quantitative estimate of drug-likeness (QED) is 0.335. The summed E-state index contributed by atoms with van der Waals surface area (Å²) in [5.74, 6) is -0.611. The highest BCUT2D eigenvalue weighted by molar-refractivity contribution is 6.68. The van der Waals surface area contributed by atoms with Gasteiger partial charge in [0.25, 0.3) is 11.6 Å². The van der Waals surface area contributed by atoms with E-state index in [0.717, 1.165) is 11.6 Å². The van der Waals surface area contributed by atoms with E-state index in [0.29, 0.717) is 5.69 Å². The monoisotopic (exact) mass is 401 g/mol. The van der Waals surface area contributed by atoms with Crippen LogP contribution in [0.2, 0.25) is 0 Å². The van der Waals surface area contributed by atoms with Gasteiger partial charge in [0.05, 0.1) is 4.92 Å². The molecular formula is C16H14Cl3N3O3. The lowest BCUT2D eigenvalue weighted by molar-refractivity contribution is -0.384. The minimum atomic E-state index is -1.85. The van der Waals surface area contributed by atoms with Gasteiger partial charge in [-0.05, 0) is 30.7 Å². The number of halogens is 3. The van der Waals surface area contributed by atoms with Gasteiger partial charge in [0, 0.05) is 23.4 Å². The maximum Gasteiger partial charge on any atom is 0.270 e. The molecule has 25 heavy (non-hydrogen) atoms. The van der Waals surface area contributed by atoms with Crippen molar-refractivity contribution in [1.29, 1.82) is 0 Å². The molecule has 2 rings (SSSR count). The zero-order valence-corrected chi connectivity index (χ0v) is 15.3. The molecule has 0 aliphatic carbocycles. The van der Waals surface area contributed by atoms with Gasteiger partial charge in [-0.15, -0.1) is 0 Å². The number of nitrogens with zero attached hydrogens (tertiary/aromatic N) is 1. The SMILES string of the molecule is Cc1cccc(NC(NC(=O)c2cccc([N+](=O)[O-])c2)C(Cl)(Cl)Cl)c1. The highest BCUT2D eigenvalue weighted by Gasteiger charge is 2.34. The molecule has 132 valence electrons. The third-order valence-corrected chi connectivity index (χ3v) is 3.91. The Morgan fingerprint density at radius 2 is 1.84 bits per heavy atom. The molecule has 0 saturated heterocycles. The van der Waals surface area contributed by atoms with Crippen LogP contribution in [0.4, 0.5) is 11.4 Å². The molecule has 0 radical (unpaired) electrons. The van der Waals surface area contributed by atoms with E-state index in [1.54, 1.807) is 6.07 Å². The van der Waals surface area contributed by atoms with Gasteiger partial charge in [0.2, 0.25) is 3.79 Å². The Kier molecular flexibility index (Phi) is 6.11. The summed E-state index contributed by atoms with van der Waals surface area (Å²) < 4.78 is -1.85. The first-order valence-electron chi connectivity index (χ1n) is 7.12. The summed E-state index contributed by atoms with van der Waals surface area (Å²) in [6.45, 7) is 1.90. The second-order valence-corrected chi connectivity index (χ2v) is 7.64. The van der Waals surface area contributed by atoms with E-state index < -0.39 is 20.8 Å². The molecule has 1 atom stereocenters. The molecule has 0 saturated carbocycles. The smallest absolute Gasteiger partial charge is 0.270 e. The normalized spacial score (nSPS) is 12.3. The Balaban J connectivity index is 2.21. The number of nitro benzene ring substituents is 1. The molecule has 0 fully saturated rings. The van der Waals surface area contributed by atoms with Crippen LogP contribution < -0.4 is 10.6 Å². The first kappa shape index (κ1) is 19.3. The number of nitrogens with one attached hydrogen (secondary N) is 2. The fourth-order valence-corrected chi connectivity index (χ4v) is 2.40. The lowest BCUT2D eigenvalue weighted by atomic mass is 10.2. The first-order valence-corrected chi connectivity index (χ1v) is 8.25. The Bertz CT molecular complexity index is 793. The standard InChI is InChI=1S/C16H14Cl3N3O3/c1-10-4-2-6-12(8-10)20-15(16(17,18)19)21-14(23)11-5-3-7-13(9-11)22(24)25/h2-9,15,20H,1H3,(H,21,23). The van der Waals surface area contributed by atoms with E-state index >= 15 is 0 Å². The van der Waals surface area contributed by atoms with Crippen molar-refractivity contribution >= 4 is 52.1 Å². The fourth-order valence-electron chi connectivity index (χ4n) is 2.08. The molecule has 0 bridgehead atoms. The van der Waals surface area contributed by atoms with Gasteiger partial charge >= 0.3 is 0 Å². The summed E-state index contributed by atoms with van der Waals surface area (Å²) in [6.07, 6.45) is -1.05. The number of hydrogen-bond acceptors (Lipinski definition) is 4. The number of aryl methyl sites for hydroxylation is 1. The van der Waals surface area contributed by atoms with Gasteiger partial charge < -0.3 is 10.6 Å². The van der Waals surface area contributed by atoms with Gasteiger partial charge in [0.1, 0.15) is 6.17 Å². The molecule has 0 spiro atoms. The second kappa shape index (κ2) is 7.91. The summed E-state index contributed by atoms with van der Waals surface area (Å²) >= 11 is 17.8. The summed E-state index contributed by atoms with van der Waals surface area (Å²) in [6, 6.07) is 12.6. The van der Waals surface area contributed by atoms with Crippen LogP contribution >= 0.6 is 34.8 Å². The first-order chi connectivity index (χ1) is 11.7. The van der Waals surface area contributed by atoms with Crippen LogP contribution in [-0.2, 0) is 0 Å². The van der Waals surface area contributed by atoms with Crippen LogP contribution in [0, 0.1) is 17.0 Å². The maximum absolute atomic E-state index is 12.4. The van der Waals surface area contributed by atoms with Crippen LogP contribution in [0.5, 0.6) is 0 Å². The average molecular weight is 403 g/mol. The number of nitro groups is 1. The molecule has 2 aromatic carbocycles. The van der Waals surface area contributed by atoms with Crippen molar-refractivity contribution in [1.82, 2.24) is 5.32 Å². The van der Waals surface area contributed by atoms with Gasteiger partial charge in [-0.2, -0.15) is 0 Å². The van der Waals surface area contributed by atoms with Crippen molar-refractivity contribution in [2.45, 2.75) is 16.9 Å². The molecule has 0 aromatic heterocycles. The Morgan fingerprint density at radius 3 is 2.44 bits per heavy atom. The highest BCUT2D eigenvalue weighted by Crippen LogP contribution is 2.31. The Labute approximate surface area is 159 Å². The van der Waals surface area contributed by atoms with Gasteiger partial charge in [-0.1, -0.05) is 53.0 Å². The third kappa shape index (κ3) is 5.49. The molecule has 2 N–H and O–H groups in total. The van der Waals surface area contributed by atoms with Crippen LogP contribution in [-0.4, -0.2) is 20.8 Å². The molecule has 6 nitrogen and oxygen atoms in total. The third-order valence-electron chi connectivity index (χ3n) is 3.25. The predicted octanol–water partition coefficient (Wildman–Crippen LogP) is 4.44. The predicted molar refractivity (Wildman–Crippen MR) is 99.4 cm³/mol. The number of carbonyl (C=O) groups is 1. The van der Waals surface area contributed by atoms with E-state index in [1.165, 1.54) is 18.2 Å². The van der Waals surface area contributed by atoms with Crippen molar-refractivity contribution in [3.63, 3.8) is 0 Å². The minimum absolute atomic E-state index is 0.0829. The van der Waals surface area contributed by atoms with Gasteiger partial charge in [-0.3, -0.25) is 14.9 Å². The number of alkyl halides is 3. The van der Waals surface area contributed by atoms with E-state index in [1.807, 2.05) is 25.1 Å². The summed E-state index contributed by atoms with van der Waals surface area (Å²) in [5, 5.41) is 16.3. The molecule has 0 heterocycles. The Morgan fingerprint density at radius 1 is 1.16 bits per heavy atom. The molecule has 2 aromatic rings. The summed E-state index contributed by atoms with van der Waals surface area (Å²) in [7, 11) is 0.